The van der Waals surface area contributed by atoms with E-state index in [2.05, 4.69) is 10.0 Å². The topological polar surface area (TPSA) is 108 Å². The molecule has 0 radical (unpaired) electrons. The van der Waals surface area contributed by atoms with Crippen LogP contribution in [0, 0.1) is 13.8 Å². The van der Waals surface area contributed by atoms with Gasteiger partial charge in [0.2, 0.25) is 5.91 Å². The average Bonchev–Trinajstić information content (AvgIpc) is 3.01. The predicted octanol–water partition coefficient (Wildman–Crippen LogP) is 6.60. The number of carbonyl (C=O) groups is 2. The second-order valence-electron chi connectivity index (χ2n) is 10.7. The van der Waals surface area contributed by atoms with Crippen LogP contribution >= 0.6 is 23.2 Å². The van der Waals surface area contributed by atoms with Crippen LogP contribution in [0.25, 0.3) is 0 Å². The fourth-order valence-electron chi connectivity index (χ4n) is 5.00. The fourth-order valence-corrected chi connectivity index (χ4v) is 6.43. The predicted molar refractivity (Wildman–Crippen MR) is 177 cm³/mol. The van der Waals surface area contributed by atoms with E-state index in [1.54, 1.807) is 29.2 Å². The van der Waals surface area contributed by atoms with Gasteiger partial charge in [-0.2, -0.15) is 0 Å². The van der Waals surface area contributed by atoms with Gasteiger partial charge in [0.1, 0.15) is 11.5 Å². The van der Waals surface area contributed by atoms with Crippen molar-refractivity contribution >= 4 is 56.4 Å². The summed E-state index contributed by atoms with van der Waals surface area (Å²) in [6.45, 7) is 5.78. The van der Waals surface area contributed by atoms with E-state index in [1.807, 2.05) is 36.9 Å². The van der Waals surface area contributed by atoms with Gasteiger partial charge in [-0.3, -0.25) is 19.2 Å². The summed E-state index contributed by atoms with van der Waals surface area (Å²) in [5.74, 6) is 0.366. The molecule has 2 N–H and O–H groups in total. The van der Waals surface area contributed by atoms with E-state index in [-0.39, 0.29) is 34.5 Å². The summed E-state index contributed by atoms with van der Waals surface area (Å²) in [6, 6.07) is 23.1. The maximum Gasteiger partial charge on any atom is 0.261 e. The van der Waals surface area contributed by atoms with Crippen LogP contribution in [0.5, 0.6) is 11.5 Å². The molecule has 5 rings (SSSR count). The Kier molecular flexibility index (Phi) is 9.99. The van der Waals surface area contributed by atoms with E-state index < -0.39 is 10.0 Å². The van der Waals surface area contributed by atoms with Crippen molar-refractivity contribution < 1.29 is 22.7 Å². The molecule has 4 aromatic rings. The Hall–Kier alpha value is -4.09. The van der Waals surface area contributed by atoms with Crippen LogP contribution < -0.4 is 14.8 Å². The monoisotopic (exact) mass is 666 g/mol. The van der Waals surface area contributed by atoms with E-state index in [4.69, 9.17) is 27.9 Å². The lowest BCUT2D eigenvalue weighted by atomic mass is 10.1. The normalized spacial score (nSPS) is 13.7. The number of rotatable bonds is 9. The molecule has 4 aromatic carbocycles. The first-order valence-corrected chi connectivity index (χ1v) is 16.5. The number of para-hydroxylation sites is 2. The van der Waals surface area contributed by atoms with Crippen LogP contribution in [-0.2, 0) is 14.8 Å². The molecule has 1 aliphatic rings. The Morgan fingerprint density at radius 3 is 2.18 bits per heavy atom. The van der Waals surface area contributed by atoms with Crippen molar-refractivity contribution in [3.05, 3.63) is 112 Å². The molecule has 2 amide bonds. The summed E-state index contributed by atoms with van der Waals surface area (Å²) < 4.78 is 34.9. The second-order valence-corrected chi connectivity index (χ2v) is 13.2. The highest BCUT2D eigenvalue weighted by Gasteiger charge is 2.27. The lowest BCUT2D eigenvalue weighted by Gasteiger charge is -2.34. The van der Waals surface area contributed by atoms with Gasteiger partial charge in [-0.1, -0.05) is 53.5 Å². The molecule has 0 saturated carbocycles. The molecule has 1 fully saturated rings. The van der Waals surface area contributed by atoms with Crippen molar-refractivity contribution in [3.8, 4) is 11.5 Å². The summed E-state index contributed by atoms with van der Waals surface area (Å²) >= 11 is 12.4. The zero-order chi connectivity index (χ0) is 32.1. The summed E-state index contributed by atoms with van der Waals surface area (Å²) in [5, 5.41) is 3.72. The number of benzene rings is 4. The van der Waals surface area contributed by atoms with Crippen LogP contribution in [0.1, 0.15) is 21.5 Å². The quantitative estimate of drug-likeness (QED) is 0.208. The van der Waals surface area contributed by atoms with Crippen molar-refractivity contribution in [2.45, 2.75) is 18.7 Å². The molecule has 0 aliphatic carbocycles. The maximum absolute atomic E-state index is 13.6. The third kappa shape index (κ3) is 7.96. The number of amides is 2. The molecule has 9 nitrogen and oxygen atoms in total. The lowest BCUT2D eigenvalue weighted by molar-refractivity contribution is -0.117. The number of aryl methyl sites for hydroxylation is 2. The lowest BCUT2D eigenvalue weighted by Crippen LogP contribution is -2.50. The van der Waals surface area contributed by atoms with Gasteiger partial charge in [0.15, 0.2) is 0 Å². The number of sulfonamides is 1. The first-order valence-electron chi connectivity index (χ1n) is 14.2. The van der Waals surface area contributed by atoms with E-state index in [1.165, 1.54) is 42.5 Å². The third-order valence-corrected chi connectivity index (χ3v) is 9.36. The SMILES string of the molecule is Cc1cccc(C)c1NC(=O)CN1CCN(C(=O)c2cc(Cl)ccc2NS(=O)(=O)c2ccc(Oc3ccccc3Cl)cc2)CC1. The van der Waals surface area contributed by atoms with Crippen LogP contribution in [0.2, 0.25) is 10.0 Å². The van der Waals surface area contributed by atoms with E-state index in [0.29, 0.717) is 47.7 Å². The summed E-state index contributed by atoms with van der Waals surface area (Å²) in [5.41, 5.74) is 3.04. The molecular weight excluding hydrogens is 635 g/mol. The van der Waals surface area contributed by atoms with Gasteiger partial charge in [0, 0.05) is 36.9 Å². The smallest absolute Gasteiger partial charge is 0.261 e. The Morgan fingerprint density at radius 1 is 0.844 bits per heavy atom. The first-order chi connectivity index (χ1) is 21.5. The van der Waals surface area contributed by atoms with Crippen molar-refractivity contribution in [1.29, 1.82) is 0 Å². The van der Waals surface area contributed by atoms with E-state index in [0.717, 1.165) is 16.8 Å². The number of anilines is 2. The number of halogens is 2. The summed E-state index contributed by atoms with van der Waals surface area (Å²) in [7, 11) is -4.06. The molecule has 0 unspecified atom stereocenters. The molecule has 234 valence electrons. The van der Waals surface area contributed by atoms with Gasteiger partial charge in [0.25, 0.3) is 15.9 Å². The molecule has 0 atom stereocenters. The number of nitrogens with zero attached hydrogens (tertiary/aromatic N) is 2. The van der Waals surface area contributed by atoms with E-state index >= 15 is 0 Å². The summed E-state index contributed by atoms with van der Waals surface area (Å²) in [4.78, 5) is 29.9. The van der Waals surface area contributed by atoms with E-state index in [9.17, 15) is 18.0 Å². The Bertz CT molecular complexity index is 1810. The van der Waals surface area contributed by atoms with Crippen molar-refractivity contribution in [3.63, 3.8) is 0 Å². The Labute approximate surface area is 272 Å². The number of hydrogen-bond donors (Lipinski definition) is 2. The molecule has 45 heavy (non-hydrogen) atoms. The van der Waals surface area contributed by atoms with Crippen LogP contribution in [-0.4, -0.2) is 62.8 Å². The highest BCUT2D eigenvalue weighted by molar-refractivity contribution is 7.92. The van der Waals surface area contributed by atoms with Crippen molar-refractivity contribution in [2.75, 3.05) is 42.8 Å². The van der Waals surface area contributed by atoms with Crippen LogP contribution in [0.15, 0.2) is 89.8 Å². The minimum atomic E-state index is -4.06. The third-order valence-electron chi connectivity index (χ3n) is 7.43. The zero-order valence-electron chi connectivity index (χ0n) is 24.7. The van der Waals surface area contributed by atoms with Gasteiger partial charge in [-0.05, 0) is 79.6 Å². The number of piperazine rings is 1. The number of nitrogens with one attached hydrogen (secondary N) is 2. The Morgan fingerprint density at radius 2 is 1.51 bits per heavy atom. The summed E-state index contributed by atoms with van der Waals surface area (Å²) in [6.07, 6.45) is 0. The minimum absolute atomic E-state index is 0.0184. The molecule has 0 bridgehead atoms. The maximum atomic E-state index is 13.6. The van der Waals surface area contributed by atoms with Gasteiger partial charge in [-0.15, -0.1) is 0 Å². The minimum Gasteiger partial charge on any atom is -0.456 e. The average molecular weight is 668 g/mol. The van der Waals surface area contributed by atoms with Crippen LogP contribution in [0.3, 0.4) is 0 Å². The van der Waals surface area contributed by atoms with Gasteiger partial charge < -0.3 is 15.0 Å². The van der Waals surface area contributed by atoms with Crippen molar-refractivity contribution in [1.82, 2.24) is 9.80 Å². The highest BCUT2D eigenvalue weighted by Crippen LogP contribution is 2.30. The highest BCUT2D eigenvalue weighted by atomic mass is 35.5. The fraction of sp³-hybridized carbons (Fsp3) is 0.212. The number of hydrogen-bond acceptors (Lipinski definition) is 6. The number of carbonyl (C=O) groups excluding carboxylic acids is 2. The molecule has 1 heterocycles. The van der Waals surface area contributed by atoms with Gasteiger partial charge in [-0.25, -0.2) is 8.42 Å². The van der Waals surface area contributed by atoms with Gasteiger partial charge >= 0.3 is 0 Å². The molecule has 1 aliphatic heterocycles. The van der Waals surface area contributed by atoms with Crippen molar-refractivity contribution in [2.24, 2.45) is 0 Å². The molecule has 12 heteroatoms. The standard InChI is InChI=1S/C33H32Cl2N4O5S/c1-22-6-5-7-23(2)32(22)36-31(40)21-38-16-18-39(19-17-38)33(41)27-20-24(34)10-15-29(27)37-45(42,43)26-13-11-25(12-14-26)44-30-9-4-3-8-28(30)35/h3-15,20,37H,16-19,21H2,1-2H3,(H,36,40). The second kappa shape index (κ2) is 13.9. The first kappa shape index (κ1) is 32.3. The molecule has 0 aromatic heterocycles. The van der Waals surface area contributed by atoms with Gasteiger partial charge in [0.05, 0.1) is 27.7 Å². The molecule has 1 saturated heterocycles. The Balaban J connectivity index is 1.22. The molecular formula is C33H32Cl2N4O5S. The zero-order valence-corrected chi connectivity index (χ0v) is 27.0. The van der Waals surface area contributed by atoms with Crippen LogP contribution in [0.4, 0.5) is 11.4 Å². The number of ether oxygens (including phenoxy) is 1. The molecule has 0 spiro atoms. The largest absolute Gasteiger partial charge is 0.456 e.